The van der Waals surface area contributed by atoms with Crippen LogP contribution in [0.2, 0.25) is 10.0 Å². The third-order valence-electron chi connectivity index (χ3n) is 4.24. The highest BCUT2D eigenvalue weighted by molar-refractivity contribution is 7.90. The molecule has 0 aliphatic carbocycles. The van der Waals surface area contributed by atoms with Crippen LogP contribution in [-0.2, 0) is 15.6 Å². The van der Waals surface area contributed by atoms with Crippen LogP contribution in [0.1, 0.15) is 21.1 Å². The lowest BCUT2D eigenvalue weighted by Crippen LogP contribution is -2.06. The van der Waals surface area contributed by atoms with E-state index < -0.39 is 15.6 Å². The van der Waals surface area contributed by atoms with Gasteiger partial charge in [0.05, 0.1) is 20.5 Å². The number of ketones is 1. The zero-order chi connectivity index (χ0) is 22.9. The normalized spacial score (nSPS) is 11.4. The van der Waals surface area contributed by atoms with Gasteiger partial charge in [0.1, 0.15) is 16.4 Å². The number of benzene rings is 2. The van der Waals surface area contributed by atoms with Crippen molar-refractivity contribution >= 4 is 66.8 Å². The highest BCUT2D eigenvalue weighted by Crippen LogP contribution is 2.34. The molecule has 9 nitrogen and oxygen atoms in total. The molecule has 32 heavy (non-hydrogen) atoms. The van der Waals surface area contributed by atoms with Crippen LogP contribution in [0.15, 0.2) is 58.3 Å². The number of aromatic nitrogens is 3. The first-order chi connectivity index (χ1) is 15.2. The molecular weight excluding hydrogens is 497 g/mol. The first-order valence-corrected chi connectivity index (χ1v) is 12.1. The maximum absolute atomic E-state index is 12.9. The van der Waals surface area contributed by atoms with Gasteiger partial charge in [0.2, 0.25) is 12.2 Å². The van der Waals surface area contributed by atoms with Crippen molar-refractivity contribution in [2.75, 3.05) is 11.1 Å². The molecule has 0 spiro atoms. The number of nitrogens with one attached hydrogen (secondary N) is 1. The molecule has 0 fully saturated rings. The molecule has 4 aromatic rings. The SMILES string of the molecule is Nc1nc(Nc2ccc(S(=O)(=O)Cc3ncon3)cc2)sc1C(=O)c1c(Cl)cccc1Cl. The molecule has 0 unspecified atom stereocenters. The lowest BCUT2D eigenvalue weighted by molar-refractivity contribution is 0.104. The van der Waals surface area contributed by atoms with E-state index >= 15 is 0 Å². The Hall–Kier alpha value is -2.99. The summed E-state index contributed by atoms with van der Waals surface area (Å²) in [6.07, 6.45) is 1.07. The van der Waals surface area contributed by atoms with Gasteiger partial charge in [-0.25, -0.2) is 13.4 Å². The minimum Gasteiger partial charge on any atom is -0.382 e. The number of anilines is 3. The number of thiazole rings is 1. The Morgan fingerprint density at radius 3 is 2.44 bits per heavy atom. The van der Waals surface area contributed by atoms with Crippen LogP contribution >= 0.6 is 34.5 Å². The minimum atomic E-state index is -3.64. The molecule has 0 amide bonds. The van der Waals surface area contributed by atoms with E-state index in [9.17, 15) is 13.2 Å². The number of carbonyl (C=O) groups is 1. The maximum Gasteiger partial charge on any atom is 0.213 e. The fourth-order valence-corrected chi connectivity index (χ4v) is 5.36. The first kappa shape index (κ1) is 22.2. The van der Waals surface area contributed by atoms with E-state index in [2.05, 4.69) is 25.0 Å². The van der Waals surface area contributed by atoms with Gasteiger partial charge >= 0.3 is 0 Å². The summed E-state index contributed by atoms with van der Waals surface area (Å²) in [6.45, 7) is 0. The van der Waals surface area contributed by atoms with Crippen molar-refractivity contribution in [2.24, 2.45) is 0 Å². The fourth-order valence-electron chi connectivity index (χ4n) is 2.75. The summed E-state index contributed by atoms with van der Waals surface area (Å²) >= 11 is 13.3. The van der Waals surface area contributed by atoms with Crippen molar-refractivity contribution in [3.63, 3.8) is 0 Å². The van der Waals surface area contributed by atoms with E-state index in [4.69, 9.17) is 28.9 Å². The van der Waals surface area contributed by atoms with Crippen molar-refractivity contribution < 1.29 is 17.7 Å². The molecule has 2 aromatic heterocycles. The molecule has 13 heteroatoms. The molecule has 0 saturated carbocycles. The van der Waals surface area contributed by atoms with Crippen molar-refractivity contribution in [2.45, 2.75) is 10.6 Å². The van der Waals surface area contributed by atoms with Gasteiger partial charge in [-0.2, -0.15) is 4.98 Å². The van der Waals surface area contributed by atoms with E-state index in [0.29, 0.717) is 10.8 Å². The molecule has 2 aromatic carbocycles. The molecule has 0 saturated heterocycles. The quantitative estimate of drug-likeness (QED) is 0.347. The topological polar surface area (TPSA) is 141 Å². The molecule has 164 valence electrons. The third-order valence-corrected chi connectivity index (χ3v) is 7.48. The monoisotopic (exact) mass is 509 g/mol. The molecule has 0 atom stereocenters. The van der Waals surface area contributed by atoms with Crippen molar-refractivity contribution in [3.8, 4) is 0 Å². The second kappa shape index (κ2) is 8.87. The van der Waals surface area contributed by atoms with Gasteiger partial charge in [0, 0.05) is 5.69 Å². The average Bonchev–Trinajstić information content (AvgIpc) is 3.37. The van der Waals surface area contributed by atoms with Crippen LogP contribution in [0.4, 0.5) is 16.6 Å². The lowest BCUT2D eigenvalue weighted by atomic mass is 10.1. The van der Waals surface area contributed by atoms with Crippen LogP contribution in [0.3, 0.4) is 0 Å². The van der Waals surface area contributed by atoms with Gasteiger partial charge in [-0.1, -0.05) is 45.8 Å². The standard InChI is InChI=1S/C19H13Cl2N5O4S2/c20-12-2-1-3-13(21)15(12)16(27)17-18(22)25-19(31-17)24-10-4-6-11(7-5-10)32(28,29)8-14-23-9-30-26-14/h1-7,9H,8,22H2,(H,24,25). The van der Waals surface area contributed by atoms with Crippen molar-refractivity contribution in [3.05, 3.63) is 75.2 Å². The first-order valence-electron chi connectivity index (χ1n) is 8.84. The summed E-state index contributed by atoms with van der Waals surface area (Å²) < 4.78 is 29.5. The van der Waals surface area contributed by atoms with Crippen LogP contribution < -0.4 is 11.1 Å². The number of hydrogen-bond donors (Lipinski definition) is 2. The lowest BCUT2D eigenvalue weighted by Gasteiger charge is -2.05. The Morgan fingerprint density at radius 1 is 1.12 bits per heavy atom. The predicted molar refractivity (Wildman–Crippen MR) is 121 cm³/mol. The second-order valence-corrected chi connectivity index (χ2v) is 10.2. The number of nitrogen functional groups attached to an aromatic ring is 1. The van der Waals surface area contributed by atoms with E-state index in [1.807, 2.05) is 0 Å². The second-order valence-electron chi connectivity index (χ2n) is 6.42. The summed E-state index contributed by atoms with van der Waals surface area (Å²) in [5.41, 5.74) is 6.63. The average molecular weight is 510 g/mol. The van der Waals surface area contributed by atoms with Gasteiger partial charge in [0.15, 0.2) is 20.8 Å². The zero-order valence-electron chi connectivity index (χ0n) is 16.0. The number of hydrogen-bond acceptors (Lipinski definition) is 10. The minimum absolute atomic E-state index is 0.0257. The molecule has 0 bridgehead atoms. The molecule has 0 aliphatic heterocycles. The summed E-state index contributed by atoms with van der Waals surface area (Å²) in [6, 6.07) is 10.8. The molecule has 2 heterocycles. The summed E-state index contributed by atoms with van der Waals surface area (Å²) in [5.74, 6) is -0.722. The predicted octanol–water partition coefficient (Wildman–Crippen LogP) is 4.36. The van der Waals surface area contributed by atoms with Crippen LogP contribution in [0, 0.1) is 0 Å². The fraction of sp³-hybridized carbons (Fsp3) is 0.0526. The van der Waals surface area contributed by atoms with Gasteiger partial charge < -0.3 is 15.6 Å². The number of nitrogens with two attached hydrogens (primary N) is 1. The van der Waals surface area contributed by atoms with Gasteiger partial charge in [-0.3, -0.25) is 4.79 Å². The van der Waals surface area contributed by atoms with E-state index in [1.54, 1.807) is 30.3 Å². The highest BCUT2D eigenvalue weighted by Gasteiger charge is 2.23. The largest absolute Gasteiger partial charge is 0.382 e. The van der Waals surface area contributed by atoms with Crippen LogP contribution in [-0.4, -0.2) is 29.3 Å². The third kappa shape index (κ3) is 4.60. The van der Waals surface area contributed by atoms with Crippen LogP contribution in [0.25, 0.3) is 0 Å². The molecule has 4 rings (SSSR count). The van der Waals surface area contributed by atoms with E-state index in [-0.39, 0.29) is 42.8 Å². The Balaban J connectivity index is 1.52. The van der Waals surface area contributed by atoms with Crippen molar-refractivity contribution in [1.29, 1.82) is 0 Å². The Kier molecular flexibility index (Phi) is 6.15. The smallest absolute Gasteiger partial charge is 0.213 e. The molecular formula is C19H13Cl2N5O4S2. The molecule has 0 aliphatic rings. The highest BCUT2D eigenvalue weighted by atomic mass is 35.5. The number of rotatable bonds is 7. The van der Waals surface area contributed by atoms with E-state index in [1.165, 1.54) is 12.1 Å². The van der Waals surface area contributed by atoms with Crippen LogP contribution in [0.5, 0.6) is 0 Å². The Morgan fingerprint density at radius 2 is 1.81 bits per heavy atom. The van der Waals surface area contributed by atoms with E-state index in [0.717, 1.165) is 17.7 Å². The van der Waals surface area contributed by atoms with Gasteiger partial charge in [-0.15, -0.1) is 0 Å². The summed E-state index contributed by atoms with van der Waals surface area (Å²) in [7, 11) is -3.64. The summed E-state index contributed by atoms with van der Waals surface area (Å²) in [5, 5.41) is 7.28. The van der Waals surface area contributed by atoms with Gasteiger partial charge in [-0.05, 0) is 36.4 Å². The zero-order valence-corrected chi connectivity index (χ0v) is 19.1. The Labute approximate surface area is 196 Å². The van der Waals surface area contributed by atoms with Crippen molar-refractivity contribution in [1.82, 2.24) is 15.1 Å². The molecule has 0 radical (unpaired) electrons. The van der Waals surface area contributed by atoms with Gasteiger partial charge in [0.25, 0.3) is 0 Å². The summed E-state index contributed by atoms with van der Waals surface area (Å²) in [4.78, 5) is 21.0. The molecule has 3 N–H and O–H groups in total. The Bertz CT molecular complexity index is 1370. The number of halogens is 2. The number of nitrogens with zero attached hydrogens (tertiary/aromatic N) is 3. The maximum atomic E-state index is 12.9. The number of carbonyl (C=O) groups excluding carboxylic acids is 1. The number of sulfone groups is 1.